The molecule has 12 heteroatoms. The number of benzene rings is 1. The van der Waals surface area contributed by atoms with Gasteiger partial charge in [0.15, 0.2) is 16.2 Å². The van der Waals surface area contributed by atoms with Gasteiger partial charge in [0.25, 0.3) is 0 Å². The summed E-state index contributed by atoms with van der Waals surface area (Å²) in [6, 6.07) is 0. The molecule has 12 atom stereocenters. The summed E-state index contributed by atoms with van der Waals surface area (Å²) in [7, 11) is 0. The molecular weight excluding hydrogens is 913 g/mol. The van der Waals surface area contributed by atoms with E-state index in [2.05, 4.69) is 41.5 Å². The van der Waals surface area contributed by atoms with Crippen molar-refractivity contribution in [1.29, 1.82) is 0 Å². The zero-order chi connectivity index (χ0) is 50.1. The molecule has 9 bridgehead atoms. The van der Waals surface area contributed by atoms with E-state index in [4.69, 9.17) is 28.4 Å². The van der Waals surface area contributed by atoms with Crippen LogP contribution < -0.4 is 0 Å². The third-order valence-electron chi connectivity index (χ3n) is 21.8. The largest absolute Gasteiger partial charge is 0.465 e. The number of allylic oxidation sites excluding steroid dienone is 6. The summed E-state index contributed by atoms with van der Waals surface area (Å²) >= 11 is 0. The van der Waals surface area contributed by atoms with E-state index in [9.17, 15) is 0 Å². The topological polar surface area (TPSA) is 158 Å². The van der Waals surface area contributed by atoms with Crippen molar-refractivity contribution >= 4 is 52.5 Å². The van der Waals surface area contributed by atoms with Crippen molar-refractivity contribution in [2.24, 2.45) is 51.8 Å². The fraction of sp³-hybridized carbons (Fsp3) is 0.700. The van der Waals surface area contributed by atoms with E-state index in [0.29, 0.717) is 38.5 Å². The van der Waals surface area contributed by atoms with Gasteiger partial charge in [-0.05, 0) is 127 Å². The lowest BCUT2D eigenvalue weighted by atomic mass is 9.71. The second-order valence-electron chi connectivity index (χ2n) is 24.2. The van der Waals surface area contributed by atoms with Crippen LogP contribution in [0.2, 0.25) is 0 Å². The lowest BCUT2D eigenvalue weighted by Gasteiger charge is -2.31. The quantitative estimate of drug-likeness (QED) is 0.138. The summed E-state index contributed by atoms with van der Waals surface area (Å²) in [4.78, 5) is 94.6. The molecule has 0 radical (unpaired) electrons. The highest BCUT2D eigenvalue weighted by molar-refractivity contribution is 6.21. The first-order chi connectivity index (χ1) is 34.8. The average molecular weight is 985 g/mol. The second-order valence-corrected chi connectivity index (χ2v) is 24.2. The Balaban J connectivity index is 1.16. The molecule has 6 spiro atoms. The van der Waals surface area contributed by atoms with Gasteiger partial charge in [0.2, 0.25) is 0 Å². The minimum Gasteiger partial charge on any atom is -0.465 e. The molecule has 1 aromatic carbocycles. The highest BCUT2D eigenvalue weighted by atomic mass is 16.6. The number of cyclic esters (lactones) is 6. The van der Waals surface area contributed by atoms with E-state index in [1.807, 2.05) is 0 Å². The van der Waals surface area contributed by atoms with Gasteiger partial charge in [-0.15, -0.1) is 0 Å². The van der Waals surface area contributed by atoms with Crippen LogP contribution in [-0.4, -0.2) is 75.5 Å². The molecule has 0 N–H and O–H groups in total. The number of hydrogen-bond acceptors (Lipinski definition) is 12. The van der Waals surface area contributed by atoms with Gasteiger partial charge in [0, 0.05) is 34.0 Å². The molecule has 3 aliphatic heterocycles. The molecule has 3 fully saturated rings. The lowest BCUT2D eigenvalue weighted by molar-refractivity contribution is -0.168. The number of hydrogen-bond donors (Lipinski definition) is 0. The molecule has 384 valence electrons. The molecule has 12 aliphatic rings. The number of carbonyl (C=O) groups is 6. The monoisotopic (exact) mass is 985 g/mol. The van der Waals surface area contributed by atoms with Gasteiger partial charge < -0.3 is 28.4 Å². The third-order valence-corrected chi connectivity index (χ3v) is 21.8. The zero-order valence-electron chi connectivity index (χ0n) is 43.3. The normalized spacial score (nSPS) is 42.2. The summed E-state index contributed by atoms with van der Waals surface area (Å²) in [6.45, 7) is 13.6. The van der Waals surface area contributed by atoms with Crippen molar-refractivity contribution in [1.82, 2.24) is 0 Å². The molecule has 1 aromatic rings. The number of rotatable bonds is 0. The minimum absolute atomic E-state index is 0.170. The summed E-state index contributed by atoms with van der Waals surface area (Å²) < 4.78 is 38.7. The Bertz CT molecular complexity index is 2420. The first-order valence-electron chi connectivity index (χ1n) is 28.2. The Kier molecular flexibility index (Phi) is 10.4. The van der Waals surface area contributed by atoms with Crippen LogP contribution in [0.3, 0.4) is 0 Å². The maximum atomic E-state index is 15.8. The van der Waals surface area contributed by atoms with Crippen LogP contribution >= 0.6 is 0 Å². The zero-order valence-corrected chi connectivity index (χ0v) is 43.3. The average Bonchev–Trinajstić information content (AvgIpc) is 4.27. The van der Waals surface area contributed by atoms with Crippen molar-refractivity contribution in [3.05, 3.63) is 50.1 Å². The van der Waals surface area contributed by atoms with Gasteiger partial charge in [0.1, 0.15) is 0 Å². The van der Waals surface area contributed by atoms with Gasteiger partial charge in [-0.2, -0.15) is 0 Å². The Morgan fingerprint density at radius 2 is 0.486 bits per heavy atom. The van der Waals surface area contributed by atoms with Crippen LogP contribution in [0.25, 0.3) is 16.7 Å². The molecule has 0 saturated heterocycles. The molecule has 9 aliphatic carbocycles. The van der Waals surface area contributed by atoms with Gasteiger partial charge in [-0.3, -0.25) is 28.8 Å². The third kappa shape index (κ3) is 4.87. The van der Waals surface area contributed by atoms with Crippen molar-refractivity contribution in [3.63, 3.8) is 0 Å². The summed E-state index contributed by atoms with van der Waals surface area (Å²) in [5.74, 6) is -6.75. The first-order valence-corrected chi connectivity index (χ1v) is 28.2. The van der Waals surface area contributed by atoms with Crippen molar-refractivity contribution in [3.8, 4) is 0 Å². The fourth-order valence-corrected chi connectivity index (χ4v) is 19.5. The van der Waals surface area contributed by atoms with Crippen molar-refractivity contribution < 1.29 is 57.2 Å². The number of esters is 6. The van der Waals surface area contributed by atoms with Gasteiger partial charge in [0.05, 0.1) is 39.6 Å². The Labute approximate surface area is 423 Å². The molecule has 12 nitrogen and oxygen atoms in total. The number of carbonyl (C=O) groups excluding carboxylic acids is 6. The SMILES string of the molecule is CC1=C2c3c4c5c6c7c3[C@]3([C@H]2C)[C@H]2C(C)=C7[C@H](C)[C@]67[C@H]6C(C)=C5[C@H](C)C45C1C51C(=O)OCCCCCCCCOC(=O)C23C(=O)OCCCCCCCCOC(=O)C67C(=O)OCCCCCCCCOC1=O. The van der Waals surface area contributed by atoms with Crippen LogP contribution in [0, 0.1) is 51.8 Å². The predicted molar refractivity (Wildman–Crippen MR) is 263 cm³/mol. The molecule has 13 rings (SSSR count). The molecule has 0 aromatic heterocycles. The van der Waals surface area contributed by atoms with E-state index in [-0.39, 0.29) is 39.6 Å². The van der Waals surface area contributed by atoms with Crippen LogP contribution in [-0.2, 0) is 73.4 Å². The lowest BCUT2D eigenvalue weighted by Crippen LogP contribution is -2.40. The van der Waals surface area contributed by atoms with Crippen LogP contribution in [0.5, 0.6) is 0 Å². The van der Waals surface area contributed by atoms with E-state index in [1.165, 1.54) is 0 Å². The minimum atomic E-state index is -1.74. The fourth-order valence-electron chi connectivity index (χ4n) is 19.5. The molecule has 72 heavy (non-hydrogen) atoms. The highest BCUT2D eigenvalue weighted by Gasteiger charge is 3.00. The van der Waals surface area contributed by atoms with Gasteiger partial charge in [-0.1, -0.05) is 115 Å². The number of ether oxygens (including phenoxy) is 6. The Morgan fingerprint density at radius 3 is 0.681 bits per heavy atom. The first kappa shape index (κ1) is 47.0. The van der Waals surface area contributed by atoms with E-state index >= 15 is 28.8 Å². The van der Waals surface area contributed by atoms with Crippen molar-refractivity contribution in [2.45, 2.75) is 173 Å². The Hall–Kier alpha value is -4.74. The van der Waals surface area contributed by atoms with Gasteiger partial charge in [-0.25, -0.2) is 0 Å². The smallest absolute Gasteiger partial charge is 0.325 e. The summed E-state index contributed by atoms with van der Waals surface area (Å²) in [6.07, 6.45) is 14.2. The second kappa shape index (κ2) is 15.9. The summed E-state index contributed by atoms with van der Waals surface area (Å²) in [5.41, 5.74) is 2.13. The summed E-state index contributed by atoms with van der Waals surface area (Å²) in [5, 5.41) is 0. The van der Waals surface area contributed by atoms with Gasteiger partial charge >= 0.3 is 35.8 Å². The molecular formula is C60H72O12. The van der Waals surface area contributed by atoms with E-state index in [0.717, 1.165) is 144 Å². The molecule has 3 saturated carbocycles. The molecule has 3 heterocycles. The van der Waals surface area contributed by atoms with Crippen molar-refractivity contribution in [2.75, 3.05) is 39.6 Å². The van der Waals surface area contributed by atoms with Crippen LogP contribution in [0.1, 0.15) is 190 Å². The predicted octanol–water partition coefficient (Wildman–Crippen LogP) is 9.88. The maximum Gasteiger partial charge on any atom is 0.325 e. The van der Waals surface area contributed by atoms with E-state index < -0.39 is 104 Å². The molecule has 5 unspecified atom stereocenters. The van der Waals surface area contributed by atoms with Crippen LogP contribution in [0.4, 0.5) is 0 Å². The van der Waals surface area contributed by atoms with E-state index in [1.54, 1.807) is 0 Å². The maximum absolute atomic E-state index is 15.8. The Morgan fingerprint density at radius 1 is 0.306 bits per heavy atom. The van der Waals surface area contributed by atoms with Crippen LogP contribution in [0.15, 0.2) is 16.7 Å². The standard InChI is InChI=1S/C60H72O12/c1-31-37-34(4)56-44-40(37)43-41-38-32(2)48-57-36(6)39(42(44)45(41)57)33(3)47(56)59(56)50(62)68-26-20-14-9-12-18-24-30-72-54(66)60(48,57)51(63)69-27-21-15-8-10-16-22-28-70-52(64)58(46(31)55(43,58)35(38)5)49(61)67-25-19-13-7-11-17-23-29-71-53(59)65/h34-36,46-48H,7-30H2,1-6H3/t34-,35-,36-,46+,47+,48?,55+,56+,57?,58?,59?,60?/m0/s1. The molecule has 0 amide bonds. The highest BCUT2D eigenvalue weighted by Crippen LogP contribution is 2.95.